The van der Waals surface area contributed by atoms with E-state index in [-0.39, 0.29) is 17.6 Å². The van der Waals surface area contributed by atoms with Crippen LogP contribution in [0.5, 0.6) is 5.75 Å². The van der Waals surface area contributed by atoms with Gasteiger partial charge in [-0.1, -0.05) is 149 Å². The Bertz CT molecular complexity index is 3340. The van der Waals surface area contributed by atoms with Crippen molar-refractivity contribution in [2.24, 2.45) is 0 Å². The minimum atomic E-state index is 0.250. The number of phenolic OH excluding ortho intramolecular Hbond substituents is 1. The number of rotatable bonds is 9. The lowest BCUT2D eigenvalue weighted by Crippen LogP contribution is -2.16. The SMILES string of the molecule is Cc1c(-c2ccccc2O)cccc1N(c1ccccc1)c1cc(C(C)C)c2c3c1C=Cc1c(C(C)C)cc(N(c4ccccc4)c4cccc5c4oc4ccccc45)c(c1C3)C=C2. The molecular formula is C60H50N2O2. The van der Waals surface area contributed by atoms with Gasteiger partial charge in [0.15, 0.2) is 5.58 Å². The lowest BCUT2D eigenvalue weighted by Gasteiger charge is -2.32. The van der Waals surface area contributed by atoms with Gasteiger partial charge in [-0.2, -0.15) is 0 Å². The number of hydrogen-bond acceptors (Lipinski definition) is 4. The molecule has 0 unspecified atom stereocenters. The van der Waals surface area contributed by atoms with Gasteiger partial charge >= 0.3 is 0 Å². The van der Waals surface area contributed by atoms with Crippen molar-refractivity contribution < 1.29 is 9.52 Å². The van der Waals surface area contributed by atoms with Gasteiger partial charge in [0.2, 0.25) is 0 Å². The number of furan rings is 1. The van der Waals surface area contributed by atoms with Crippen molar-refractivity contribution in [3.05, 3.63) is 208 Å². The standard InChI is InChI=1S/C60H50N2O2/c1-37(2)50-35-56(61(40-18-8-6-9-19-40)54-26-16-24-42(39(54)5)47-22-12-14-28-58(47)63)45-32-30-44-51(38(3)4)36-57(46-33-31-43(50)52(45)34-53(44)46)62(41-20-10-7-11-21-41)55-27-17-25-49-48-23-13-15-29-59(48)64-60(49)55/h6-33,35-38,63H,34H2,1-5H3. The Balaban J connectivity index is 1.17. The average molecular weight is 831 g/mol. The van der Waals surface area contributed by atoms with Crippen LogP contribution in [0.15, 0.2) is 162 Å². The van der Waals surface area contributed by atoms with Gasteiger partial charge in [-0.05, 0) is 130 Å². The van der Waals surface area contributed by atoms with E-state index in [9.17, 15) is 5.11 Å². The van der Waals surface area contributed by atoms with Gasteiger partial charge in [-0.25, -0.2) is 0 Å². The maximum Gasteiger partial charge on any atom is 0.159 e. The zero-order chi connectivity index (χ0) is 43.6. The van der Waals surface area contributed by atoms with Crippen LogP contribution in [0.25, 0.3) is 57.4 Å². The van der Waals surface area contributed by atoms with E-state index in [4.69, 9.17) is 4.42 Å². The van der Waals surface area contributed by atoms with Gasteiger partial charge in [0.25, 0.3) is 0 Å². The Morgan fingerprint density at radius 2 is 0.953 bits per heavy atom. The fraction of sp³-hybridized carbons (Fsp3) is 0.133. The first-order valence-corrected chi connectivity index (χ1v) is 22.5. The number of anilines is 6. The minimum Gasteiger partial charge on any atom is -0.507 e. The lowest BCUT2D eigenvalue weighted by atomic mass is 9.85. The highest BCUT2D eigenvalue weighted by Gasteiger charge is 2.31. The van der Waals surface area contributed by atoms with Gasteiger partial charge in [0.05, 0.1) is 17.1 Å². The molecule has 0 aliphatic heterocycles. The van der Waals surface area contributed by atoms with E-state index in [2.05, 4.69) is 196 Å². The van der Waals surface area contributed by atoms with Crippen molar-refractivity contribution in [2.75, 3.05) is 9.80 Å². The quantitative estimate of drug-likeness (QED) is 0.157. The highest BCUT2D eigenvalue weighted by Crippen LogP contribution is 2.52. The summed E-state index contributed by atoms with van der Waals surface area (Å²) in [7, 11) is 0. The van der Waals surface area contributed by atoms with Crippen LogP contribution in [0.2, 0.25) is 0 Å². The van der Waals surface area contributed by atoms with E-state index >= 15 is 0 Å². The molecule has 312 valence electrons. The van der Waals surface area contributed by atoms with Crippen molar-refractivity contribution >= 4 is 80.4 Å². The molecule has 1 heterocycles. The molecule has 4 nitrogen and oxygen atoms in total. The van der Waals surface area contributed by atoms with Gasteiger partial charge in [0, 0.05) is 44.5 Å². The number of fused-ring (bicyclic) bond motifs is 3. The molecule has 0 atom stereocenters. The Kier molecular flexibility index (Phi) is 9.61. The number of aromatic hydroxyl groups is 1. The first-order valence-electron chi connectivity index (χ1n) is 22.5. The highest BCUT2D eigenvalue weighted by molar-refractivity contribution is 6.11. The Labute approximate surface area is 375 Å². The van der Waals surface area contributed by atoms with Crippen molar-refractivity contribution in [1.82, 2.24) is 0 Å². The van der Waals surface area contributed by atoms with Gasteiger partial charge in [-0.3, -0.25) is 0 Å². The van der Waals surface area contributed by atoms with Crippen LogP contribution in [-0.4, -0.2) is 5.11 Å². The smallest absolute Gasteiger partial charge is 0.159 e. The number of phenols is 1. The summed E-state index contributed by atoms with van der Waals surface area (Å²) < 4.78 is 6.77. The zero-order valence-electron chi connectivity index (χ0n) is 36.9. The molecule has 0 radical (unpaired) electrons. The summed E-state index contributed by atoms with van der Waals surface area (Å²) in [6.07, 6.45) is 10.3. The molecule has 0 spiro atoms. The molecule has 2 aliphatic rings. The third-order valence-electron chi connectivity index (χ3n) is 13.4. The molecule has 64 heavy (non-hydrogen) atoms. The summed E-state index contributed by atoms with van der Waals surface area (Å²) in [4.78, 5) is 4.87. The fourth-order valence-corrected chi connectivity index (χ4v) is 10.3. The van der Waals surface area contributed by atoms with Crippen molar-refractivity contribution in [3.63, 3.8) is 0 Å². The first kappa shape index (κ1) is 39.3. The van der Waals surface area contributed by atoms with Crippen LogP contribution < -0.4 is 9.80 Å². The summed E-state index contributed by atoms with van der Waals surface area (Å²) >= 11 is 0. The number of hydrogen-bond donors (Lipinski definition) is 1. The van der Waals surface area contributed by atoms with Crippen molar-refractivity contribution in [2.45, 2.75) is 52.9 Å². The van der Waals surface area contributed by atoms with Gasteiger partial charge in [0.1, 0.15) is 11.3 Å². The molecule has 1 N–H and O–H groups in total. The van der Waals surface area contributed by atoms with Crippen LogP contribution in [0, 0.1) is 6.92 Å². The summed E-state index contributed by atoms with van der Waals surface area (Å²) in [6.45, 7) is 11.4. The molecule has 0 fully saturated rings. The Hall–Kier alpha value is -7.56. The van der Waals surface area contributed by atoms with Gasteiger partial charge < -0.3 is 19.3 Å². The molecule has 0 saturated heterocycles. The van der Waals surface area contributed by atoms with Crippen LogP contribution >= 0.6 is 0 Å². The Morgan fingerprint density at radius 3 is 1.56 bits per heavy atom. The Morgan fingerprint density at radius 1 is 0.469 bits per heavy atom. The second-order valence-electron chi connectivity index (χ2n) is 17.8. The molecule has 11 rings (SSSR count). The number of nitrogens with zero attached hydrogens (tertiary/aromatic N) is 2. The molecule has 4 heteroatoms. The van der Waals surface area contributed by atoms with E-state index in [1.165, 1.54) is 44.5 Å². The summed E-state index contributed by atoms with van der Waals surface area (Å²) in [5.41, 5.74) is 21.5. The highest BCUT2D eigenvalue weighted by atomic mass is 16.3. The zero-order valence-corrected chi connectivity index (χ0v) is 36.9. The maximum absolute atomic E-state index is 11.1. The van der Waals surface area contributed by atoms with Crippen LogP contribution in [0.4, 0.5) is 34.1 Å². The third-order valence-corrected chi connectivity index (χ3v) is 13.4. The van der Waals surface area contributed by atoms with E-state index in [0.717, 1.165) is 79.2 Å². The molecule has 8 aromatic carbocycles. The van der Waals surface area contributed by atoms with Crippen LogP contribution in [0.3, 0.4) is 0 Å². The van der Waals surface area contributed by atoms with Crippen LogP contribution in [-0.2, 0) is 6.42 Å². The van der Waals surface area contributed by atoms with E-state index in [1.807, 2.05) is 24.3 Å². The molecule has 0 saturated carbocycles. The average Bonchev–Trinajstić information content (AvgIpc) is 3.42. The predicted molar refractivity (Wildman–Crippen MR) is 270 cm³/mol. The second-order valence-corrected chi connectivity index (χ2v) is 17.8. The summed E-state index contributed by atoms with van der Waals surface area (Å²) in [6, 6.07) is 55.4. The molecule has 1 aromatic heterocycles. The van der Waals surface area contributed by atoms with Crippen molar-refractivity contribution in [1.29, 1.82) is 0 Å². The largest absolute Gasteiger partial charge is 0.507 e. The third kappa shape index (κ3) is 6.35. The first-order chi connectivity index (χ1) is 31.3. The van der Waals surface area contributed by atoms with E-state index in [0.29, 0.717) is 0 Å². The normalized spacial score (nSPS) is 12.6. The molecule has 0 amide bonds. The van der Waals surface area contributed by atoms with E-state index in [1.54, 1.807) is 6.07 Å². The fourth-order valence-electron chi connectivity index (χ4n) is 10.3. The molecule has 2 bridgehead atoms. The van der Waals surface area contributed by atoms with E-state index < -0.39 is 0 Å². The summed E-state index contributed by atoms with van der Waals surface area (Å²) in [5, 5.41) is 13.3. The van der Waals surface area contributed by atoms with Crippen LogP contribution in [0.1, 0.15) is 89.6 Å². The lowest BCUT2D eigenvalue weighted by molar-refractivity contribution is 0.477. The molecule has 9 aromatic rings. The monoisotopic (exact) mass is 830 g/mol. The molecule has 2 aliphatic carbocycles. The minimum absolute atomic E-state index is 0.250. The molecular weight excluding hydrogens is 781 g/mol. The summed E-state index contributed by atoms with van der Waals surface area (Å²) in [5.74, 6) is 0.777. The number of para-hydroxylation sites is 5. The van der Waals surface area contributed by atoms with Crippen molar-refractivity contribution in [3.8, 4) is 16.9 Å². The predicted octanol–water partition coefficient (Wildman–Crippen LogP) is 17.0. The second kappa shape index (κ2) is 15.7. The maximum atomic E-state index is 11.1. The number of benzene rings is 8. The van der Waals surface area contributed by atoms with Gasteiger partial charge in [-0.15, -0.1) is 0 Å². The topological polar surface area (TPSA) is 39.9 Å².